The van der Waals surface area contributed by atoms with Gasteiger partial charge in [-0.25, -0.2) is 0 Å². The number of carbonyl (C=O) groups excluding carboxylic acids is 1. The van der Waals surface area contributed by atoms with E-state index < -0.39 is 0 Å². The summed E-state index contributed by atoms with van der Waals surface area (Å²) in [5.41, 5.74) is 2.18. The van der Waals surface area contributed by atoms with Gasteiger partial charge in [-0.3, -0.25) is 4.79 Å². The van der Waals surface area contributed by atoms with Crippen molar-refractivity contribution in [3.8, 4) is 0 Å². The summed E-state index contributed by atoms with van der Waals surface area (Å²) < 4.78 is 5.11. The van der Waals surface area contributed by atoms with Gasteiger partial charge in [0.1, 0.15) is 6.61 Å². The predicted octanol–water partition coefficient (Wildman–Crippen LogP) is 3.48. The van der Waals surface area contributed by atoms with E-state index in [4.69, 9.17) is 4.74 Å². The Morgan fingerprint density at radius 2 is 2.04 bits per heavy atom. The van der Waals surface area contributed by atoms with Crippen LogP contribution in [0, 0.1) is 12.8 Å². The number of piperidine rings is 1. The lowest BCUT2D eigenvalue weighted by Crippen LogP contribution is -2.49. The van der Waals surface area contributed by atoms with Crippen molar-refractivity contribution in [3.63, 3.8) is 0 Å². The van der Waals surface area contributed by atoms with Crippen molar-refractivity contribution in [1.29, 1.82) is 0 Å². The van der Waals surface area contributed by atoms with Crippen LogP contribution in [0.3, 0.4) is 0 Å². The number of ether oxygens (including phenoxy) is 1. The Kier molecular flexibility index (Phi) is 7.25. The molecule has 0 unspecified atom stereocenters. The number of likely N-dealkylation sites (tertiary alicyclic amines) is 1. The third kappa shape index (κ3) is 5.32. The average molecular weight is 332 g/mol. The van der Waals surface area contributed by atoms with E-state index >= 15 is 0 Å². The minimum atomic E-state index is 0.0590. The number of carbonyl (C=O) groups is 1. The first-order valence-corrected chi connectivity index (χ1v) is 9.11. The molecule has 1 aromatic rings. The van der Waals surface area contributed by atoms with Crippen molar-refractivity contribution >= 4 is 11.6 Å². The zero-order chi connectivity index (χ0) is 17.5. The molecule has 2 rings (SSSR count). The number of anilines is 1. The molecule has 1 aliphatic rings. The molecule has 134 valence electrons. The summed E-state index contributed by atoms with van der Waals surface area (Å²) in [5.74, 6) is 0.804. The van der Waals surface area contributed by atoms with E-state index in [9.17, 15) is 4.79 Å². The van der Waals surface area contributed by atoms with Crippen molar-refractivity contribution < 1.29 is 9.53 Å². The Balaban J connectivity index is 2.05. The molecule has 1 aliphatic heterocycles. The number of aryl methyl sites for hydroxylation is 1. The van der Waals surface area contributed by atoms with E-state index in [0.717, 1.165) is 37.5 Å². The monoisotopic (exact) mass is 332 g/mol. The van der Waals surface area contributed by atoms with Crippen LogP contribution in [-0.4, -0.2) is 50.2 Å². The molecule has 0 aromatic heterocycles. The van der Waals surface area contributed by atoms with E-state index in [1.54, 1.807) is 7.11 Å². The number of methoxy groups -OCH3 is 1. The fraction of sp³-hybridized carbons (Fsp3) is 0.650. The molecule has 0 bridgehead atoms. The molecule has 4 nitrogen and oxygen atoms in total. The molecular weight excluding hydrogens is 300 g/mol. The maximum atomic E-state index is 12.6. The van der Waals surface area contributed by atoms with Gasteiger partial charge in [0, 0.05) is 31.9 Å². The van der Waals surface area contributed by atoms with Crippen LogP contribution in [-0.2, 0) is 9.53 Å². The second kappa shape index (κ2) is 9.19. The molecule has 1 heterocycles. The van der Waals surface area contributed by atoms with Gasteiger partial charge in [-0.2, -0.15) is 0 Å². The van der Waals surface area contributed by atoms with E-state index in [2.05, 4.69) is 37.8 Å². The maximum Gasteiger partial charge on any atom is 0.253 e. The SMILES string of the molecule is COCC(=O)N(c1cccc(C)c1)C1CCN(CCC(C)C)CC1. The van der Waals surface area contributed by atoms with Gasteiger partial charge in [0.05, 0.1) is 0 Å². The summed E-state index contributed by atoms with van der Waals surface area (Å²) in [4.78, 5) is 17.1. The van der Waals surface area contributed by atoms with Gasteiger partial charge in [-0.1, -0.05) is 26.0 Å². The minimum Gasteiger partial charge on any atom is -0.375 e. The first-order chi connectivity index (χ1) is 11.5. The highest BCUT2D eigenvalue weighted by Gasteiger charge is 2.29. The van der Waals surface area contributed by atoms with Crippen LogP contribution in [0.25, 0.3) is 0 Å². The highest BCUT2D eigenvalue weighted by molar-refractivity contribution is 5.95. The summed E-state index contributed by atoms with van der Waals surface area (Å²) in [7, 11) is 1.58. The van der Waals surface area contributed by atoms with E-state index in [1.807, 2.05) is 17.0 Å². The minimum absolute atomic E-state index is 0.0590. The summed E-state index contributed by atoms with van der Waals surface area (Å²) in [6.45, 7) is 10.1. The highest BCUT2D eigenvalue weighted by Crippen LogP contribution is 2.25. The van der Waals surface area contributed by atoms with Crippen LogP contribution in [0.15, 0.2) is 24.3 Å². The lowest BCUT2D eigenvalue weighted by molar-refractivity contribution is -0.122. The quantitative estimate of drug-likeness (QED) is 0.766. The van der Waals surface area contributed by atoms with E-state index in [1.165, 1.54) is 18.5 Å². The molecule has 1 aromatic carbocycles. The topological polar surface area (TPSA) is 32.8 Å². The Morgan fingerprint density at radius 3 is 2.62 bits per heavy atom. The third-order valence-corrected chi connectivity index (χ3v) is 4.76. The molecule has 24 heavy (non-hydrogen) atoms. The predicted molar refractivity (Wildman–Crippen MR) is 99.5 cm³/mol. The number of benzene rings is 1. The van der Waals surface area contributed by atoms with Crippen molar-refractivity contribution in [3.05, 3.63) is 29.8 Å². The van der Waals surface area contributed by atoms with Gasteiger partial charge < -0.3 is 14.5 Å². The number of nitrogens with zero attached hydrogens (tertiary/aromatic N) is 2. The lowest BCUT2D eigenvalue weighted by atomic mass is 10.0. The van der Waals surface area contributed by atoms with Gasteiger partial charge in [0.2, 0.25) is 0 Å². The standard InChI is InChI=1S/C20H32N2O2/c1-16(2)8-11-21-12-9-18(10-13-21)22(20(23)15-24-4)19-7-5-6-17(3)14-19/h5-7,14,16,18H,8-13,15H2,1-4H3. The fourth-order valence-corrected chi connectivity index (χ4v) is 3.37. The molecule has 1 fully saturated rings. The zero-order valence-electron chi connectivity index (χ0n) is 15.6. The number of hydrogen-bond donors (Lipinski definition) is 0. The number of rotatable bonds is 7. The summed E-state index contributed by atoms with van der Waals surface area (Å²) in [6.07, 6.45) is 3.30. The van der Waals surface area contributed by atoms with Crippen molar-refractivity contribution in [2.75, 3.05) is 38.3 Å². The molecule has 1 saturated heterocycles. The second-order valence-corrected chi connectivity index (χ2v) is 7.29. The zero-order valence-corrected chi connectivity index (χ0v) is 15.6. The maximum absolute atomic E-state index is 12.6. The second-order valence-electron chi connectivity index (χ2n) is 7.29. The lowest BCUT2D eigenvalue weighted by Gasteiger charge is -2.39. The van der Waals surface area contributed by atoms with Gasteiger partial charge in [-0.15, -0.1) is 0 Å². The van der Waals surface area contributed by atoms with Crippen molar-refractivity contribution in [1.82, 2.24) is 4.90 Å². The Morgan fingerprint density at radius 1 is 1.33 bits per heavy atom. The van der Waals surface area contributed by atoms with Gasteiger partial charge >= 0.3 is 0 Å². The first kappa shape index (κ1) is 18.9. The third-order valence-electron chi connectivity index (χ3n) is 4.76. The van der Waals surface area contributed by atoms with Crippen molar-refractivity contribution in [2.45, 2.75) is 46.1 Å². The highest BCUT2D eigenvalue weighted by atomic mass is 16.5. The fourth-order valence-electron chi connectivity index (χ4n) is 3.37. The largest absolute Gasteiger partial charge is 0.375 e. The van der Waals surface area contributed by atoms with Crippen LogP contribution in [0.2, 0.25) is 0 Å². The molecule has 1 amide bonds. The first-order valence-electron chi connectivity index (χ1n) is 9.11. The molecule has 4 heteroatoms. The Bertz CT molecular complexity index is 522. The van der Waals surface area contributed by atoms with Crippen LogP contribution in [0.4, 0.5) is 5.69 Å². The smallest absolute Gasteiger partial charge is 0.253 e. The van der Waals surface area contributed by atoms with Crippen LogP contribution in [0.5, 0.6) is 0 Å². The molecule has 0 radical (unpaired) electrons. The molecule has 0 saturated carbocycles. The molecule has 0 N–H and O–H groups in total. The van der Waals surface area contributed by atoms with Crippen LogP contribution in [0.1, 0.15) is 38.7 Å². The molecule has 0 aliphatic carbocycles. The van der Waals surface area contributed by atoms with Gasteiger partial charge in [0.15, 0.2) is 0 Å². The average Bonchev–Trinajstić information content (AvgIpc) is 2.55. The van der Waals surface area contributed by atoms with E-state index in [0.29, 0.717) is 0 Å². The molecular formula is C20H32N2O2. The van der Waals surface area contributed by atoms with Gasteiger partial charge in [0.25, 0.3) is 5.91 Å². The Labute approximate surface area is 146 Å². The van der Waals surface area contributed by atoms with Crippen LogP contribution >= 0.6 is 0 Å². The number of hydrogen-bond acceptors (Lipinski definition) is 3. The summed E-state index contributed by atoms with van der Waals surface area (Å²) in [5, 5.41) is 0. The summed E-state index contributed by atoms with van der Waals surface area (Å²) >= 11 is 0. The van der Waals surface area contributed by atoms with Crippen LogP contribution < -0.4 is 4.90 Å². The molecule has 0 atom stereocenters. The molecule has 0 spiro atoms. The summed E-state index contributed by atoms with van der Waals surface area (Å²) in [6, 6.07) is 8.49. The normalized spacial score (nSPS) is 16.5. The van der Waals surface area contributed by atoms with Crippen molar-refractivity contribution in [2.24, 2.45) is 5.92 Å². The van der Waals surface area contributed by atoms with Gasteiger partial charge in [-0.05, 0) is 56.3 Å². The number of amides is 1. The Hall–Kier alpha value is -1.39. The van der Waals surface area contributed by atoms with E-state index in [-0.39, 0.29) is 18.6 Å².